The molecule has 0 radical (unpaired) electrons. The van der Waals surface area contributed by atoms with Crippen LogP contribution in [0.25, 0.3) is 11.0 Å². The Hall–Kier alpha value is -2.51. The second kappa shape index (κ2) is 9.33. The molecule has 152 valence electrons. The van der Waals surface area contributed by atoms with Gasteiger partial charge in [-0.1, -0.05) is 23.4 Å². The number of aromatic nitrogens is 2. The van der Waals surface area contributed by atoms with Crippen LogP contribution in [0.2, 0.25) is 5.02 Å². The van der Waals surface area contributed by atoms with E-state index >= 15 is 0 Å². The van der Waals surface area contributed by atoms with Crippen molar-refractivity contribution in [3.05, 3.63) is 53.1 Å². The third kappa shape index (κ3) is 4.92. The summed E-state index contributed by atoms with van der Waals surface area (Å²) in [5.41, 5.74) is 3.03. The fourth-order valence-electron chi connectivity index (χ4n) is 3.00. The van der Waals surface area contributed by atoms with Crippen LogP contribution in [0.15, 0.2) is 47.6 Å². The quantitative estimate of drug-likeness (QED) is 0.562. The Kier molecular flexibility index (Phi) is 6.82. The summed E-state index contributed by atoms with van der Waals surface area (Å²) < 4.78 is 1.94. The zero-order chi connectivity index (χ0) is 21.0. The average molecular weight is 431 g/mol. The smallest absolute Gasteiger partial charge is 0.253 e. The first-order chi connectivity index (χ1) is 13.9. The molecule has 0 saturated carbocycles. The van der Waals surface area contributed by atoms with Gasteiger partial charge in [-0.3, -0.25) is 9.59 Å². The predicted molar refractivity (Wildman–Crippen MR) is 119 cm³/mol. The van der Waals surface area contributed by atoms with Crippen molar-refractivity contribution in [2.75, 3.05) is 24.2 Å². The van der Waals surface area contributed by atoms with Gasteiger partial charge in [0.05, 0.1) is 16.8 Å². The first-order valence-corrected chi connectivity index (χ1v) is 10.7. The van der Waals surface area contributed by atoms with E-state index in [1.54, 1.807) is 29.2 Å². The van der Waals surface area contributed by atoms with E-state index in [0.717, 1.165) is 16.2 Å². The van der Waals surface area contributed by atoms with Gasteiger partial charge < -0.3 is 14.8 Å². The van der Waals surface area contributed by atoms with Gasteiger partial charge in [-0.05, 0) is 56.3 Å². The number of aryl methyl sites for hydroxylation is 1. The fourth-order valence-corrected chi connectivity index (χ4v) is 3.95. The van der Waals surface area contributed by atoms with Crippen molar-refractivity contribution < 1.29 is 9.59 Å². The van der Waals surface area contributed by atoms with Crippen molar-refractivity contribution in [1.29, 1.82) is 0 Å². The van der Waals surface area contributed by atoms with Gasteiger partial charge in [0.1, 0.15) is 0 Å². The zero-order valence-electron chi connectivity index (χ0n) is 16.6. The molecule has 0 unspecified atom stereocenters. The number of rotatable bonds is 7. The molecule has 0 bridgehead atoms. The van der Waals surface area contributed by atoms with Gasteiger partial charge in [0, 0.05) is 36.4 Å². The van der Waals surface area contributed by atoms with E-state index in [1.165, 1.54) is 11.8 Å². The summed E-state index contributed by atoms with van der Waals surface area (Å²) in [7, 11) is 1.91. The van der Waals surface area contributed by atoms with Crippen molar-refractivity contribution in [3.8, 4) is 0 Å². The van der Waals surface area contributed by atoms with E-state index < -0.39 is 0 Å². The number of benzene rings is 2. The molecule has 1 aromatic heterocycles. The number of anilines is 1. The largest absolute Gasteiger partial charge is 0.339 e. The molecule has 0 aliphatic heterocycles. The van der Waals surface area contributed by atoms with Gasteiger partial charge in [0.15, 0.2) is 5.16 Å². The number of nitrogens with one attached hydrogen (secondary N) is 1. The summed E-state index contributed by atoms with van der Waals surface area (Å²) in [6.45, 7) is 5.23. The molecule has 0 aliphatic carbocycles. The molecule has 1 N–H and O–H groups in total. The number of fused-ring (bicyclic) bond motifs is 1. The standard InChI is InChI=1S/C21H23ClN4O2S/c1-4-26(5-2)20(28)14-6-9-16(10-7-14)23-19(27)13-29-21-24-17-12-15(22)8-11-18(17)25(21)3/h6-12H,4-5,13H2,1-3H3,(H,23,27). The summed E-state index contributed by atoms with van der Waals surface area (Å²) in [5.74, 6) is 0.0821. The van der Waals surface area contributed by atoms with Gasteiger partial charge >= 0.3 is 0 Å². The second-order valence-electron chi connectivity index (χ2n) is 6.48. The van der Waals surface area contributed by atoms with E-state index in [2.05, 4.69) is 10.3 Å². The SMILES string of the molecule is CCN(CC)C(=O)c1ccc(NC(=O)CSc2nc3cc(Cl)ccc3n2C)cc1. The maximum atomic E-state index is 12.3. The summed E-state index contributed by atoms with van der Waals surface area (Å²) >= 11 is 7.38. The Morgan fingerprint density at radius 2 is 1.83 bits per heavy atom. The minimum absolute atomic E-state index is 0.00890. The van der Waals surface area contributed by atoms with Crippen LogP contribution in [-0.2, 0) is 11.8 Å². The molecule has 2 aromatic carbocycles. The highest BCUT2D eigenvalue weighted by Crippen LogP contribution is 2.25. The Balaban J connectivity index is 1.60. The lowest BCUT2D eigenvalue weighted by Gasteiger charge is -2.18. The number of nitrogens with zero attached hydrogens (tertiary/aromatic N) is 3. The minimum atomic E-state index is -0.136. The number of halogens is 1. The fraction of sp³-hybridized carbons (Fsp3) is 0.286. The highest BCUT2D eigenvalue weighted by molar-refractivity contribution is 7.99. The molecular weight excluding hydrogens is 408 g/mol. The summed E-state index contributed by atoms with van der Waals surface area (Å²) in [6.07, 6.45) is 0. The molecule has 0 atom stereocenters. The minimum Gasteiger partial charge on any atom is -0.339 e. The number of carbonyl (C=O) groups is 2. The molecule has 0 aliphatic rings. The Bertz CT molecular complexity index is 1030. The van der Waals surface area contributed by atoms with Crippen molar-refractivity contribution in [2.45, 2.75) is 19.0 Å². The lowest BCUT2D eigenvalue weighted by Crippen LogP contribution is -2.30. The lowest BCUT2D eigenvalue weighted by molar-refractivity contribution is -0.113. The van der Waals surface area contributed by atoms with Crippen LogP contribution in [0.4, 0.5) is 5.69 Å². The number of hydrogen-bond acceptors (Lipinski definition) is 4. The van der Waals surface area contributed by atoms with Crippen LogP contribution in [0.3, 0.4) is 0 Å². The third-order valence-electron chi connectivity index (χ3n) is 4.60. The Morgan fingerprint density at radius 3 is 2.48 bits per heavy atom. The van der Waals surface area contributed by atoms with E-state index in [1.807, 2.05) is 43.7 Å². The highest BCUT2D eigenvalue weighted by atomic mass is 35.5. The summed E-state index contributed by atoms with van der Waals surface area (Å²) in [5, 5.41) is 4.24. The van der Waals surface area contributed by atoms with Crippen LogP contribution in [0.5, 0.6) is 0 Å². The Morgan fingerprint density at radius 1 is 1.14 bits per heavy atom. The van der Waals surface area contributed by atoms with Gasteiger partial charge in [-0.15, -0.1) is 0 Å². The van der Waals surface area contributed by atoms with Crippen LogP contribution in [-0.4, -0.2) is 45.1 Å². The average Bonchev–Trinajstić information content (AvgIpc) is 3.02. The van der Waals surface area contributed by atoms with Crippen molar-refractivity contribution >= 4 is 51.9 Å². The number of thioether (sulfide) groups is 1. The second-order valence-corrected chi connectivity index (χ2v) is 7.86. The normalized spacial score (nSPS) is 10.9. The topological polar surface area (TPSA) is 67.2 Å². The molecule has 6 nitrogen and oxygen atoms in total. The molecule has 29 heavy (non-hydrogen) atoms. The maximum Gasteiger partial charge on any atom is 0.253 e. The summed E-state index contributed by atoms with van der Waals surface area (Å²) in [6, 6.07) is 12.5. The molecule has 3 rings (SSSR count). The summed E-state index contributed by atoms with van der Waals surface area (Å²) in [4.78, 5) is 31.0. The third-order valence-corrected chi connectivity index (χ3v) is 5.87. The number of imidazole rings is 1. The zero-order valence-corrected chi connectivity index (χ0v) is 18.2. The molecule has 3 aromatic rings. The van der Waals surface area contributed by atoms with Crippen molar-refractivity contribution in [3.63, 3.8) is 0 Å². The molecule has 0 saturated heterocycles. The van der Waals surface area contributed by atoms with Crippen molar-refractivity contribution in [2.24, 2.45) is 7.05 Å². The molecule has 2 amide bonds. The van der Waals surface area contributed by atoms with Crippen LogP contribution in [0, 0.1) is 0 Å². The molecular formula is C21H23ClN4O2S. The first kappa shape index (κ1) is 21.2. The van der Waals surface area contributed by atoms with E-state index in [0.29, 0.717) is 29.4 Å². The van der Waals surface area contributed by atoms with Crippen molar-refractivity contribution in [1.82, 2.24) is 14.5 Å². The molecule has 0 spiro atoms. The van der Waals surface area contributed by atoms with Gasteiger partial charge in [-0.25, -0.2) is 4.98 Å². The predicted octanol–water partition coefficient (Wildman–Crippen LogP) is 4.44. The van der Waals surface area contributed by atoms with Gasteiger partial charge in [0.2, 0.25) is 5.91 Å². The van der Waals surface area contributed by atoms with Gasteiger partial charge in [-0.2, -0.15) is 0 Å². The van der Waals surface area contributed by atoms with Crippen LogP contribution < -0.4 is 5.32 Å². The van der Waals surface area contributed by atoms with E-state index in [9.17, 15) is 9.59 Å². The van der Waals surface area contributed by atoms with Gasteiger partial charge in [0.25, 0.3) is 5.91 Å². The number of hydrogen-bond donors (Lipinski definition) is 1. The number of carbonyl (C=O) groups excluding carboxylic acids is 2. The molecule has 0 fully saturated rings. The Labute approximate surface area is 179 Å². The molecule has 8 heteroatoms. The van der Waals surface area contributed by atoms with Crippen LogP contribution in [0.1, 0.15) is 24.2 Å². The maximum absolute atomic E-state index is 12.3. The highest BCUT2D eigenvalue weighted by Gasteiger charge is 2.13. The lowest BCUT2D eigenvalue weighted by atomic mass is 10.2. The van der Waals surface area contributed by atoms with E-state index in [-0.39, 0.29) is 17.6 Å². The first-order valence-electron chi connectivity index (χ1n) is 9.36. The monoisotopic (exact) mass is 430 g/mol. The van der Waals surface area contributed by atoms with Crippen LogP contribution >= 0.6 is 23.4 Å². The van der Waals surface area contributed by atoms with E-state index in [4.69, 9.17) is 11.6 Å². The number of amides is 2. The molecule has 1 heterocycles.